The Morgan fingerprint density at radius 2 is 2.15 bits per heavy atom. The zero-order valence-electron chi connectivity index (χ0n) is 12.6. The molecule has 0 fully saturated rings. The van der Waals surface area contributed by atoms with E-state index in [4.69, 9.17) is 0 Å². The number of nitrogens with zero attached hydrogens (tertiary/aromatic N) is 3. The first-order valence-corrected chi connectivity index (χ1v) is 7.16. The Morgan fingerprint density at radius 3 is 2.80 bits per heavy atom. The highest BCUT2D eigenvalue weighted by Crippen LogP contribution is 2.57. The fraction of sp³-hybridized carbons (Fsp3) is 0.625. The Kier molecular flexibility index (Phi) is 2.57. The van der Waals surface area contributed by atoms with Crippen molar-refractivity contribution >= 4 is 0 Å². The molecule has 1 N–H and O–H groups in total. The minimum absolute atomic E-state index is 0.157. The van der Waals surface area contributed by atoms with Crippen LogP contribution in [0.5, 0.6) is 0 Å². The fourth-order valence-electron chi connectivity index (χ4n) is 4.45. The van der Waals surface area contributed by atoms with Crippen molar-refractivity contribution < 1.29 is 5.11 Å². The number of aliphatic hydroxyl groups is 1. The van der Waals surface area contributed by atoms with E-state index in [0.717, 1.165) is 18.5 Å². The Hall–Kier alpha value is -1.76. The molecule has 4 heteroatoms. The molecule has 2 atom stereocenters. The third-order valence-electron chi connectivity index (χ3n) is 5.36. The van der Waals surface area contributed by atoms with Gasteiger partial charge < -0.3 is 5.11 Å². The summed E-state index contributed by atoms with van der Waals surface area (Å²) in [6.07, 6.45) is 4.72. The molecule has 0 aliphatic heterocycles. The van der Waals surface area contributed by atoms with Gasteiger partial charge in [0.2, 0.25) is 0 Å². The molecule has 20 heavy (non-hydrogen) atoms. The molecule has 0 spiro atoms. The molecule has 1 heterocycles. The SMILES string of the molecule is Cn1cc2c(n1)[C@@]1(C)CC(C#N)=C(O)C(C)(C)[C@@H]1CC2. The number of fused-ring (bicyclic) bond motifs is 3. The van der Waals surface area contributed by atoms with E-state index in [-0.39, 0.29) is 16.6 Å². The first-order chi connectivity index (χ1) is 9.30. The summed E-state index contributed by atoms with van der Waals surface area (Å²) in [7, 11) is 1.95. The predicted molar refractivity (Wildman–Crippen MR) is 76.0 cm³/mol. The summed E-state index contributed by atoms with van der Waals surface area (Å²) in [4.78, 5) is 0. The average molecular weight is 271 g/mol. The minimum atomic E-state index is -0.368. The monoisotopic (exact) mass is 271 g/mol. The molecule has 0 unspecified atom stereocenters. The van der Waals surface area contributed by atoms with Crippen LogP contribution >= 0.6 is 0 Å². The summed E-state index contributed by atoms with van der Waals surface area (Å²) in [6.45, 7) is 6.31. The van der Waals surface area contributed by atoms with Gasteiger partial charge in [0.25, 0.3) is 0 Å². The summed E-state index contributed by atoms with van der Waals surface area (Å²) in [6, 6.07) is 2.20. The number of aryl methyl sites for hydroxylation is 2. The van der Waals surface area contributed by atoms with Crippen LogP contribution in [-0.4, -0.2) is 14.9 Å². The molecule has 0 saturated heterocycles. The molecule has 2 aliphatic carbocycles. The van der Waals surface area contributed by atoms with E-state index in [2.05, 4.69) is 38.1 Å². The smallest absolute Gasteiger partial charge is 0.112 e. The Balaban J connectivity index is 2.22. The highest BCUT2D eigenvalue weighted by molar-refractivity contribution is 5.42. The summed E-state index contributed by atoms with van der Waals surface area (Å²) in [5.41, 5.74) is 2.40. The third-order valence-corrected chi connectivity index (χ3v) is 5.36. The second kappa shape index (κ2) is 3.88. The second-order valence-corrected chi connectivity index (χ2v) is 7.02. The molecular formula is C16H21N3O. The van der Waals surface area contributed by atoms with E-state index in [1.807, 2.05) is 11.7 Å². The van der Waals surface area contributed by atoms with Crippen molar-refractivity contribution in [2.75, 3.05) is 0 Å². The van der Waals surface area contributed by atoms with E-state index >= 15 is 0 Å². The van der Waals surface area contributed by atoms with Gasteiger partial charge in [0.15, 0.2) is 0 Å². The summed E-state index contributed by atoms with van der Waals surface area (Å²) in [5.74, 6) is 0.594. The summed E-state index contributed by atoms with van der Waals surface area (Å²) >= 11 is 0. The third kappa shape index (κ3) is 1.49. The number of rotatable bonds is 0. The molecule has 1 aromatic heterocycles. The Bertz CT molecular complexity index is 647. The van der Waals surface area contributed by atoms with E-state index in [0.29, 0.717) is 17.9 Å². The van der Waals surface area contributed by atoms with Crippen molar-refractivity contribution in [1.82, 2.24) is 9.78 Å². The van der Waals surface area contributed by atoms with Crippen LogP contribution in [0.15, 0.2) is 17.5 Å². The van der Waals surface area contributed by atoms with Crippen LogP contribution in [-0.2, 0) is 18.9 Å². The van der Waals surface area contributed by atoms with Gasteiger partial charge in [0, 0.05) is 24.1 Å². The van der Waals surface area contributed by atoms with Gasteiger partial charge in [-0.05, 0) is 30.7 Å². The van der Waals surface area contributed by atoms with Gasteiger partial charge >= 0.3 is 0 Å². The molecule has 2 aliphatic rings. The van der Waals surface area contributed by atoms with Crippen molar-refractivity contribution in [3.63, 3.8) is 0 Å². The van der Waals surface area contributed by atoms with Gasteiger partial charge in [-0.3, -0.25) is 4.68 Å². The van der Waals surface area contributed by atoms with Crippen LogP contribution in [0.1, 0.15) is 44.9 Å². The molecule has 1 aromatic rings. The zero-order chi connectivity index (χ0) is 14.7. The summed E-state index contributed by atoms with van der Waals surface area (Å²) < 4.78 is 1.87. The molecule has 0 aromatic carbocycles. The van der Waals surface area contributed by atoms with Gasteiger partial charge in [0.1, 0.15) is 5.76 Å². The number of aromatic nitrogens is 2. The number of hydrogen-bond donors (Lipinski definition) is 1. The maximum absolute atomic E-state index is 10.4. The van der Waals surface area contributed by atoms with E-state index in [9.17, 15) is 10.4 Å². The van der Waals surface area contributed by atoms with Crippen LogP contribution in [0, 0.1) is 22.7 Å². The van der Waals surface area contributed by atoms with Gasteiger partial charge in [-0.1, -0.05) is 20.8 Å². The molecule has 3 rings (SSSR count). The average Bonchev–Trinajstić information content (AvgIpc) is 2.76. The van der Waals surface area contributed by atoms with Gasteiger partial charge in [-0.25, -0.2) is 0 Å². The highest BCUT2D eigenvalue weighted by atomic mass is 16.3. The van der Waals surface area contributed by atoms with Crippen molar-refractivity contribution in [2.45, 2.75) is 45.4 Å². The molecular weight excluding hydrogens is 250 g/mol. The number of hydrogen-bond acceptors (Lipinski definition) is 3. The largest absolute Gasteiger partial charge is 0.511 e. The van der Waals surface area contributed by atoms with Crippen molar-refractivity contribution in [3.05, 3.63) is 28.8 Å². The van der Waals surface area contributed by atoms with Crippen molar-refractivity contribution in [2.24, 2.45) is 18.4 Å². The standard InChI is InChI=1S/C16H21N3O/c1-15(2)12-6-5-10-9-19(4)18-13(10)16(12,3)7-11(8-17)14(15)20/h9,12,20H,5-7H2,1-4H3/t12-,16-/m0/s1. The normalized spacial score (nSPS) is 31.4. The first-order valence-electron chi connectivity index (χ1n) is 7.16. The molecule has 0 bridgehead atoms. The lowest BCUT2D eigenvalue weighted by molar-refractivity contribution is 0.0632. The predicted octanol–water partition coefficient (Wildman–Crippen LogP) is 3.01. The van der Waals surface area contributed by atoms with Gasteiger partial charge in [-0.2, -0.15) is 10.4 Å². The lowest BCUT2D eigenvalue weighted by Crippen LogP contribution is -2.49. The van der Waals surface area contributed by atoms with E-state index < -0.39 is 0 Å². The van der Waals surface area contributed by atoms with Gasteiger partial charge in [0.05, 0.1) is 17.3 Å². The van der Waals surface area contributed by atoms with Crippen LogP contribution in [0.4, 0.5) is 0 Å². The van der Waals surface area contributed by atoms with Crippen molar-refractivity contribution in [3.8, 4) is 6.07 Å². The quantitative estimate of drug-likeness (QED) is 0.789. The zero-order valence-corrected chi connectivity index (χ0v) is 12.6. The topological polar surface area (TPSA) is 61.8 Å². The lowest BCUT2D eigenvalue weighted by Gasteiger charge is -2.51. The number of aliphatic hydroxyl groups excluding tert-OH is 1. The Labute approximate surface area is 119 Å². The number of nitriles is 1. The highest BCUT2D eigenvalue weighted by Gasteiger charge is 2.54. The maximum atomic E-state index is 10.4. The number of allylic oxidation sites excluding steroid dienone is 2. The van der Waals surface area contributed by atoms with Gasteiger partial charge in [-0.15, -0.1) is 0 Å². The lowest BCUT2D eigenvalue weighted by atomic mass is 9.52. The maximum Gasteiger partial charge on any atom is 0.112 e. The van der Waals surface area contributed by atoms with Crippen LogP contribution < -0.4 is 0 Å². The minimum Gasteiger partial charge on any atom is -0.511 e. The molecule has 106 valence electrons. The summed E-state index contributed by atoms with van der Waals surface area (Å²) in [5, 5.41) is 24.5. The Morgan fingerprint density at radius 1 is 1.45 bits per heavy atom. The molecule has 0 amide bonds. The van der Waals surface area contributed by atoms with Crippen LogP contribution in [0.3, 0.4) is 0 Å². The van der Waals surface area contributed by atoms with Crippen LogP contribution in [0.25, 0.3) is 0 Å². The second-order valence-electron chi connectivity index (χ2n) is 7.02. The van der Waals surface area contributed by atoms with E-state index in [1.165, 1.54) is 5.56 Å². The van der Waals surface area contributed by atoms with Crippen LogP contribution in [0.2, 0.25) is 0 Å². The van der Waals surface area contributed by atoms with Crippen molar-refractivity contribution in [1.29, 1.82) is 5.26 Å². The van der Waals surface area contributed by atoms with E-state index in [1.54, 1.807) is 0 Å². The fourth-order valence-corrected chi connectivity index (χ4v) is 4.45. The molecule has 0 radical (unpaired) electrons. The molecule has 0 saturated carbocycles. The molecule has 4 nitrogen and oxygen atoms in total. The first kappa shape index (κ1) is 13.2.